The highest BCUT2D eigenvalue weighted by Gasteiger charge is 2.41. The summed E-state index contributed by atoms with van der Waals surface area (Å²) in [7, 11) is 0. The van der Waals surface area contributed by atoms with Crippen molar-refractivity contribution in [3.63, 3.8) is 0 Å². The Kier molecular flexibility index (Phi) is 3.41. The van der Waals surface area contributed by atoms with Crippen molar-refractivity contribution >= 4 is 17.5 Å². The van der Waals surface area contributed by atoms with Crippen LogP contribution in [-0.2, 0) is 9.53 Å². The van der Waals surface area contributed by atoms with Gasteiger partial charge in [-0.25, -0.2) is 4.98 Å². The Morgan fingerprint density at radius 1 is 1.30 bits per heavy atom. The molecule has 8 nitrogen and oxygen atoms in total. The molecule has 23 heavy (non-hydrogen) atoms. The van der Waals surface area contributed by atoms with Crippen molar-refractivity contribution in [2.24, 2.45) is 0 Å². The fourth-order valence-electron chi connectivity index (χ4n) is 3.41. The largest absolute Gasteiger partial charge is 0.365 e. The lowest BCUT2D eigenvalue weighted by Gasteiger charge is -2.39. The van der Waals surface area contributed by atoms with E-state index in [4.69, 9.17) is 4.74 Å². The fraction of sp³-hybridized carbons (Fsp3) is 0.600. The predicted molar refractivity (Wildman–Crippen MR) is 83.2 cm³/mol. The van der Waals surface area contributed by atoms with Crippen molar-refractivity contribution in [1.82, 2.24) is 24.5 Å². The van der Waals surface area contributed by atoms with Gasteiger partial charge in [0.25, 0.3) is 11.7 Å². The number of nitrogens with zero attached hydrogens (tertiary/aromatic N) is 6. The Morgan fingerprint density at radius 3 is 2.87 bits per heavy atom. The number of rotatable bonds is 2. The summed E-state index contributed by atoms with van der Waals surface area (Å²) in [6.07, 6.45) is 5.19. The Balaban J connectivity index is 1.47. The minimum atomic E-state index is -0.625. The molecule has 4 heterocycles. The number of carbonyl (C=O) groups is 1. The number of hydrogen-bond acceptors (Lipinski definition) is 6. The molecule has 2 aliphatic heterocycles. The maximum absolute atomic E-state index is 12.7. The molecule has 1 atom stereocenters. The van der Waals surface area contributed by atoms with E-state index < -0.39 is 5.60 Å². The summed E-state index contributed by atoms with van der Waals surface area (Å²) in [5.41, 5.74) is -0.625. The van der Waals surface area contributed by atoms with Gasteiger partial charge in [0.15, 0.2) is 0 Å². The van der Waals surface area contributed by atoms with Crippen molar-refractivity contribution in [1.29, 1.82) is 0 Å². The van der Waals surface area contributed by atoms with E-state index in [2.05, 4.69) is 20.1 Å². The van der Waals surface area contributed by atoms with Crippen molar-refractivity contribution in [3.8, 4) is 0 Å². The molecule has 0 N–H and O–H groups in total. The van der Waals surface area contributed by atoms with Gasteiger partial charge in [-0.3, -0.25) is 9.20 Å². The van der Waals surface area contributed by atoms with Gasteiger partial charge in [-0.05, 0) is 25.8 Å². The zero-order valence-corrected chi connectivity index (χ0v) is 13.2. The first-order valence-electron chi connectivity index (χ1n) is 8.00. The maximum atomic E-state index is 12.7. The standard InChI is InChI=1S/C15H20N6O2/c1-15(4-2-10-23-15)13(22)20-8-6-19(7-9-20)12-3-5-16-14-18-17-11-21(12)14/h3,5,11H,2,4,6-10H2,1H3/t15-/m0/s1. The van der Waals surface area contributed by atoms with Crippen molar-refractivity contribution in [2.75, 3.05) is 37.7 Å². The van der Waals surface area contributed by atoms with E-state index in [0.29, 0.717) is 25.5 Å². The van der Waals surface area contributed by atoms with Gasteiger partial charge in [-0.1, -0.05) is 0 Å². The van der Waals surface area contributed by atoms with Crippen LogP contribution < -0.4 is 4.90 Å². The highest BCUT2D eigenvalue weighted by molar-refractivity contribution is 5.85. The van der Waals surface area contributed by atoms with E-state index in [9.17, 15) is 4.79 Å². The lowest BCUT2D eigenvalue weighted by atomic mass is 10.0. The van der Waals surface area contributed by atoms with E-state index in [0.717, 1.165) is 31.7 Å². The molecule has 122 valence electrons. The van der Waals surface area contributed by atoms with Crippen LogP contribution in [0.15, 0.2) is 18.6 Å². The van der Waals surface area contributed by atoms with Gasteiger partial charge in [0.1, 0.15) is 17.7 Å². The molecule has 0 saturated carbocycles. The molecule has 2 aromatic rings. The van der Waals surface area contributed by atoms with Crippen LogP contribution in [0.4, 0.5) is 5.82 Å². The number of hydrogen-bond donors (Lipinski definition) is 0. The molecule has 0 bridgehead atoms. The van der Waals surface area contributed by atoms with Crippen LogP contribution in [-0.4, -0.2) is 68.8 Å². The summed E-state index contributed by atoms with van der Waals surface area (Å²) in [4.78, 5) is 21.0. The Hall–Kier alpha value is -2.22. The van der Waals surface area contributed by atoms with Crippen LogP contribution in [0.3, 0.4) is 0 Å². The number of piperazine rings is 1. The van der Waals surface area contributed by atoms with Gasteiger partial charge in [-0.15, -0.1) is 10.2 Å². The van der Waals surface area contributed by atoms with Gasteiger partial charge < -0.3 is 14.5 Å². The third-order valence-corrected chi connectivity index (χ3v) is 4.75. The van der Waals surface area contributed by atoms with E-state index in [-0.39, 0.29) is 5.91 Å². The van der Waals surface area contributed by atoms with Crippen LogP contribution in [0.2, 0.25) is 0 Å². The van der Waals surface area contributed by atoms with Gasteiger partial charge in [0.2, 0.25) is 0 Å². The second-order valence-electron chi connectivity index (χ2n) is 6.27. The van der Waals surface area contributed by atoms with Crippen molar-refractivity contribution < 1.29 is 9.53 Å². The van der Waals surface area contributed by atoms with Gasteiger partial charge in [0, 0.05) is 39.0 Å². The third kappa shape index (κ3) is 2.42. The van der Waals surface area contributed by atoms with Crippen LogP contribution in [0.1, 0.15) is 19.8 Å². The van der Waals surface area contributed by atoms with Gasteiger partial charge >= 0.3 is 0 Å². The summed E-state index contributed by atoms with van der Waals surface area (Å²) < 4.78 is 7.55. The molecule has 2 fully saturated rings. The number of anilines is 1. The van der Waals surface area contributed by atoms with E-state index in [1.165, 1.54) is 0 Å². The first-order valence-corrected chi connectivity index (χ1v) is 8.00. The summed E-state index contributed by atoms with van der Waals surface area (Å²) in [5, 5.41) is 7.88. The highest BCUT2D eigenvalue weighted by atomic mass is 16.5. The van der Waals surface area contributed by atoms with Gasteiger partial charge in [0.05, 0.1) is 0 Å². The maximum Gasteiger partial charge on any atom is 0.256 e. The molecule has 2 aromatic heterocycles. The zero-order valence-electron chi connectivity index (χ0n) is 13.2. The minimum Gasteiger partial charge on any atom is -0.365 e. The quantitative estimate of drug-likeness (QED) is 0.795. The molecule has 1 amide bonds. The Morgan fingerprint density at radius 2 is 2.13 bits per heavy atom. The second-order valence-corrected chi connectivity index (χ2v) is 6.27. The van der Waals surface area contributed by atoms with E-state index >= 15 is 0 Å². The minimum absolute atomic E-state index is 0.124. The lowest BCUT2D eigenvalue weighted by Crippen LogP contribution is -2.55. The SMILES string of the molecule is C[C@@]1(C(=O)N2CCN(c3ccnc4nncn34)CC2)CCCO1. The molecular formula is C15H20N6O2. The number of carbonyl (C=O) groups excluding carboxylic acids is 1. The molecule has 8 heteroatoms. The number of aromatic nitrogens is 4. The molecular weight excluding hydrogens is 296 g/mol. The van der Waals surface area contributed by atoms with Crippen LogP contribution in [0, 0.1) is 0 Å². The molecule has 2 aliphatic rings. The van der Waals surface area contributed by atoms with Crippen LogP contribution in [0.25, 0.3) is 5.78 Å². The Bertz CT molecular complexity index is 716. The normalized spacial score (nSPS) is 25.3. The van der Waals surface area contributed by atoms with Crippen molar-refractivity contribution in [2.45, 2.75) is 25.4 Å². The van der Waals surface area contributed by atoms with Gasteiger partial charge in [-0.2, -0.15) is 0 Å². The lowest BCUT2D eigenvalue weighted by molar-refractivity contribution is -0.151. The smallest absolute Gasteiger partial charge is 0.256 e. The third-order valence-electron chi connectivity index (χ3n) is 4.75. The molecule has 0 radical (unpaired) electrons. The fourth-order valence-corrected chi connectivity index (χ4v) is 3.41. The molecule has 4 rings (SSSR count). The number of fused-ring (bicyclic) bond motifs is 1. The topological polar surface area (TPSA) is 75.9 Å². The van der Waals surface area contributed by atoms with Crippen LogP contribution >= 0.6 is 0 Å². The molecule has 0 aromatic carbocycles. The van der Waals surface area contributed by atoms with E-state index in [1.807, 2.05) is 22.3 Å². The zero-order chi connectivity index (χ0) is 15.9. The average Bonchev–Trinajstić information content (AvgIpc) is 3.23. The number of amides is 1. The monoisotopic (exact) mass is 316 g/mol. The number of ether oxygens (including phenoxy) is 1. The average molecular weight is 316 g/mol. The molecule has 2 saturated heterocycles. The van der Waals surface area contributed by atoms with Crippen LogP contribution in [0.5, 0.6) is 0 Å². The first kappa shape index (κ1) is 14.4. The molecule has 0 unspecified atom stereocenters. The first-order chi connectivity index (χ1) is 11.2. The predicted octanol–water partition coefficient (Wildman–Crippen LogP) is 0.342. The highest BCUT2D eigenvalue weighted by Crippen LogP contribution is 2.28. The summed E-state index contributed by atoms with van der Waals surface area (Å²) in [6, 6.07) is 1.95. The molecule has 0 spiro atoms. The summed E-state index contributed by atoms with van der Waals surface area (Å²) in [6.45, 7) is 5.55. The molecule has 0 aliphatic carbocycles. The Labute approximate surface area is 134 Å². The summed E-state index contributed by atoms with van der Waals surface area (Å²) in [5.74, 6) is 1.72. The second kappa shape index (κ2) is 5.45. The summed E-state index contributed by atoms with van der Waals surface area (Å²) >= 11 is 0. The van der Waals surface area contributed by atoms with E-state index in [1.54, 1.807) is 12.5 Å². The van der Waals surface area contributed by atoms with Crippen molar-refractivity contribution in [3.05, 3.63) is 18.6 Å².